The first kappa shape index (κ1) is 43.1. The lowest BCUT2D eigenvalue weighted by Crippen LogP contribution is -2.61. The number of amides is 5. The van der Waals surface area contributed by atoms with Gasteiger partial charge in [-0.2, -0.15) is 0 Å². The minimum atomic E-state index is -1.11. The predicted molar refractivity (Wildman–Crippen MR) is 190 cm³/mol. The highest BCUT2D eigenvalue weighted by Gasteiger charge is 2.48. The van der Waals surface area contributed by atoms with Crippen molar-refractivity contribution in [2.45, 2.75) is 119 Å². The van der Waals surface area contributed by atoms with Gasteiger partial charge in [-0.15, -0.1) is 0 Å². The summed E-state index contributed by atoms with van der Waals surface area (Å²) >= 11 is 0. The summed E-state index contributed by atoms with van der Waals surface area (Å²) in [6.07, 6.45) is 3.17. The monoisotopic (exact) mass is 687 g/mol. The molecule has 5 amide bonds. The zero-order chi connectivity index (χ0) is 37.5. The fourth-order valence-electron chi connectivity index (χ4n) is 5.76. The quantitative estimate of drug-likeness (QED) is 0.188. The van der Waals surface area contributed by atoms with Crippen molar-refractivity contribution in [2.75, 3.05) is 13.2 Å². The summed E-state index contributed by atoms with van der Waals surface area (Å²) in [5.41, 5.74) is 4.52. The number of Topliss-reactive ketones (excluding diaryl/α,β-unsaturated/α-hetero) is 1. The molecule has 12 nitrogen and oxygen atoms in total. The van der Waals surface area contributed by atoms with E-state index in [9.17, 15) is 28.8 Å². The van der Waals surface area contributed by atoms with Gasteiger partial charge in [-0.3, -0.25) is 19.2 Å². The largest absolute Gasteiger partial charge is 0.464 e. The second kappa shape index (κ2) is 20.5. The summed E-state index contributed by atoms with van der Waals surface area (Å²) in [4.78, 5) is 78.8. The smallest absolute Gasteiger partial charge is 0.328 e. The van der Waals surface area contributed by atoms with Crippen LogP contribution in [0.1, 0.15) is 94.9 Å². The summed E-state index contributed by atoms with van der Waals surface area (Å²) in [5, 5.41) is 8.07. The van der Waals surface area contributed by atoms with Crippen LogP contribution in [0.4, 0.5) is 4.79 Å². The van der Waals surface area contributed by atoms with E-state index in [-0.39, 0.29) is 36.8 Å². The molecular formula is C37H61N5O7. The number of benzene rings is 1. The number of nitrogens with two attached hydrogens (primary N) is 1. The van der Waals surface area contributed by atoms with E-state index in [0.717, 1.165) is 19.3 Å². The maximum Gasteiger partial charge on any atom is 0.328 e. The third-order valence-electron chi connectivity index (χ3n) is 8.99. The second-order valence-corrected chi connectivity index (χ2v) is 14.1. The first-order valence-electron chi connectivity index (χ1n) is 17.7. The molecule has 1 saturated heterocycles. The Morgan fingerprint density at radius 2 is 1.43 bits per heavy atom. The number of hydrogen-bond donors (Lipinski definition) is 4. The van der Waals surface area contributed by atoms with Crippen LogP contribution in [0.5, 0.6) is 0 Å². The minimum Gasteiger partial charge on any atom is -0.464 e. The molecule has 0 spiro atoms. The lowest BCUT2D eigenvalue weighted by atomic mass is 9.80. The molecule has 12 heteroatoms. The number of nitrogens with one attached hydrogen (secondary N) is 3. The van der Waals surface area contributed by atoms with Gasteiger partial charge in [0.15, 0.2) is 0 Å². The molecule has 5 N–H and O–H groups in total. The van der Waals surface area contributed by atoms with Crippen LogP contribution >= 0.6 is 0 Å². The molecule has 2 aliphatic rings. The molecule has 4 unspecified atom stereocenters. The molecule has 1 saturated carbocycles. The summed E-state index contributed by atoms with van der Waals surface area (Å²) in [7, 11) is 0. The molecule has 6 atom stereocenters. The SMILES string of the molecule is CC.CCOC(=O)C(NC(=O)NC(C(=O)N1C[C@H](C)C(C)[C@H]1C(=O)NC(CC1CCC1)C(=O)C(N)=O)C(C)(C)C)C(C)C.c1ccccc1. The zero-order valence-electron chi connectivity index (χ0n) is 31.2. The zero-order valence-corrected chi connectivity index (χ0v) is 31.2. The van der Waals surface area contributed by atoms with Crippen molar-refractivity contribution < 1.29 is 33.5 Å². The summed E-state index contributed by atoms with van der Waals surface area (Å²) in [6, 6.07) is 7.37. The van der Waals surface area contributed by atoms with Crippen molar-refractivity contribution in [1.29, 1.82) is 0 Å². The van der Waals surface area contributed by atoms with E-state index in [1.54, 1.807) is 41.5 Å². The molecule has 2 fully saturated rings. The Kier molecular flexibility index (Phi) is 18.0. The molecule has 0 aromatic heterocycles. The van der Waals surface area contributed by atoms with Gasteiger partial charge in [0.1, 0.15) is 18.1 Å². The van der Waals surface area contributed by atoms with Gasteiger partial charge < -0.3 is 31.3 Å². The fourth-order valence-corrected chi connectivity index (χ4v) is 5.76. The van der Waals surface area contributed by atoms with Gasteiger partial charge in [-0.1, -0.05) is 118 Å². The molecule has 1 aliphatic carbocycles. The molecule has 49 heavy (non-hydrogen) atoms. The van der Waals surface area contributed by atoms with Crippen LogP contribution < -0.4 is 21.7 Å². The average molecular weight is 688 g/mol. The van der Waals surface area contributed by atoms with Crippen LogP contribution in [0.3, 0.4) is 0 Å². The number of ketones is 1. The van der Waals surface area contributed by atoms with Gasteiger partial charge in [0.05, 0.1) is 12.6 Å². The lowest BCUT2D eigenvalue weighted by Gasteiger charge is -2.37. The Morgan fingerprint density at radius 1 is 0.898 bits per heavy atom. The first-order valence-corrected chi connectivity index (χ1v) is 17.7. The Balaban J connectivity index is 0.00000133. The molecule has 1 heterocycles. The van der Waals surface area contributed by atoms with E-state index in [1.807, 2.05) is 64.1 Å². The number of nitrogens with zero attached hydrogens (tertiary/aromatic N) is 1. The van der Waals surface area contributed by atoms with Gasteiger partial charge in [0.2, 0.25) is 17.6 Å². The number of likely N-dealkylation sites (tertiary alicyclic amines) is 1. The van der Waals surface area contributed by atoms with Crippen molar-refractivity contribution in [3.8, 4) is 0 Å². The number of hydrogen-bond acceptors (Lipinski definition) is 7. The van der Waals surface area contributed by atoms with Crippen molar-refractivity contribution >= 4 is 35.5 Å². The van der Waals surface area contributed by atoms with Crippen molar-refractivity contribution in [3.05, 3.63) is 36.4 Å². The van der Waals surface area contributed by atoms with Gasteiger partial charge in [-0.25, -0.2) is 9.59 Å². The number of carbonyl (C=O) groups is 6. The summed E-state index contributed by atoms with van der Waals surface area (Å²) < 4.78 is 5.08. The number of rotatable bonds is 12. The van der Waals surface area contributed by atoms with Crippen LogP contribution in [0.25, 0.3) is 0 Å². The Labute approximate surface area is 293 Å². The number of esters is 1. The maximum absolute atomic E-state index is 14.0. The van der Waals surface area contributed by atoms with Gasteiger partial charge in [0.25, 0.3) is 5.91 Å². The number of ether oxygens (including phenoxy) is 1. The molecule has 0 radical (unpaired) electrons. The highest BCUT2D eigenvalue weighted by molar-refractivity contribution is 6.37. The van der Waals surface area contributed by atoms with E-state index < -0.39 is 65.1 Å². The number of carbonyl (C=O) groups excluding carboxylic acids is 6. The van der Waals surface area contributed by atoms with E-state index >= 15 is 0 Å². The molecule has 0 bridgehead atoms. The first-order chi connectivity index (χ1) is 23.0. The third kappa shape index (κ3) is 13.1. The van der Waals surface area contributed by atoms with Crippen LogP contribution in [-0.4, -0.2) is 77.7 Å². The van der Waals surface area contributed by atoms with Gasteiger partial charge in [-0.05, 0) is 42.4 Å². The number of primary amides is 1. The van der Waals surface area contributed by atoms with Crippen LogP contribution in [0.2, 0.25) is 0 Å². The second-order valence-electron chi connectivity index (χ2n) is 14.1. The fraction of sp³-hybridized carbons (Fsp3) is 0.676. The maximum atomic E-state index is 14.0. The van der Waals surface area contributed by atoms with Gasteiger partial charge in [0, 0.05) is 6.54 Å². The van der Waals surface area contributed by atoms with Crippen molar-refractivity contribution in [2.24, 2.45) is 34.8 Å². The van der Waals surface area contributed by atoms with Crippen LogP contribution in [0.15, 0.2) is 36.4 Å². The van der Waals surface area contributed by atoms with E-state index in [1.165, 1.54) is 4.90 Å². The highest BCUT2D eigenvalue weighted by Crippen LogP contribution is 2.34. The molecule has 1 aliphatic heterocycles. The van der Waals surface area contributed by atoms with Crippen LogP contribution in [0, 0.1) is 29.1 Å². The highest BCUT2D eigenvalue weighted by atomic mass is 16.5. The average Bonchev–Trinajstić information content (AvgIpc) is 3.34. The standard InChI is InChI=1S/C29H49N5O7.C6H6.C2H6/c1-9-41-27(39)20(15(2)3)32-28(40)33-23(29(6,7)8)26(38)34-14-16(4)17(5)21(34)25(37)31-19(22(35)24(30)36)13-18-11-10-12-18;1-2-4-6-5-3-1;1-2/h15-21,23H,9-14H2,1-8H3,(H2,30,36)(H,31,37)(H2,32,33,40);1-6H;1-2H3/t16-,17?,19?,20?,21-,23?;;/m0../s1. The van der Waals surface area contributed by atoms with E-state index in [2.05, 4.69) is 16.0 Å². The molecule has 3 rings (SSSR count). The Bertz CT molecular complexity index is 1200. The lowest BCUT2D eigenvalue weighted by molar-refractivity contribution is -0.146. The topological polar surface area (TPSA) is 177 Å². The Hall–Kier alpha value is -3.96. The summed E-state index contributed by atoms with van der Waals surface area (Å²) in [6.45, 7) is 18.8. The molecule has 1 aromatic carbocycles. The van der Waals surface area contributed by atoms with E-state index in [4.69, 9.17) is 10.5 Å². The Morgan fingerprint density at radius 3 is 1.84 bits per heavy atom. The molecule has 276 valence electrons. The normalized spacial score (nSPS) is 20.5. The predicted octanol–water partition coefficient (Wildman–Crippen LogP) is 4.21. The van der Waals surface area contributed by atoms with Crippen LogP contribution in [-0.2, 0) is 28.7 Å². The number of urea groups is 1. The third-order valence-corrected chi connectivity index (χ3v) is 8.99. The van der Waals surface area contributed by atoms with Crippen molar-refractivity contribution in [3.63, 3.8) is 0 Å². The van der Waals surface area contributed by atoms with E-state index in [0.29, 0.717) is 6.42 Å². The summed E-state index contributed by atoms with van der Waals surface area (Å²) in [5.74, 6) is -3.87. The minimum absolute atomic E-state index is 0.0461. The molecular weight excluding hydrogens is 626 g/mol. The molecule has 1 aromatic rings. The van der Waals surface area contributed by atoms with Crippen molar-refractivity contribution in [1.82, 2.24) is 20.9 Å². The van der Waals surface area contributed by atoms with Gasteiger partial charge >= 0.3 is 12.0 Å².